The lowest BCUT2D eigenvalue weighted by Gasteiger charge is -2.12. The molecule has 0 amide bonds. The van der Waals surface area contributed by atoms with E-state index in [1.807, 2.05) is 6.07 Å². The van der Waals surface area contributed by atoms with Gasteiger partial charge in [0.1, 0.15) is 11.3 Å². The Morgan fingerprint density at radius 2 is 2.10 bits per heavy atom. The summed E-state index contributed by atoms with van der Waals surface area (Å²) in [5, 5.41) is 17.8. The Hall–Kier alpha value is -2.87. The average molecular weight is 271 g/mol. The smallest absolute Gasteiger partial charge is 0.339 e. The Balaban J connectivity index is 2.45. The van der Waals surface area contributed by atoms with Crippen molar-refractivity contribution in [1.82, 2.24) is 0 Å². The molecule has 100 valence electrons. The summed E-state index contributed by atoms with van der Waals surface area (Å²) < 4.78 is 19.1. The van der Waals surface area contributed by atoms with E-state index < -0.39 is 11.8 Å². The molecular formula is C15H10FNO3. The fourth-order valence-electron chi connectivity index (χ4n) is 1.72. The number of carbonyl (C=O) groups is 1. The van der Waals surface area contributed by atoms with E-state index in [4.69, 9.17) is 15.1 Å². The summed E-state index contributed by atoms with van der Waals surface area (Å²) in [5.74, 6) is -1.91. The highest BCUT2D eigenvalue weighted by molar-refractivity contribution is 5.91. The molecule has 0 aliphatic rings. The van der Waals surface area contributed by atoms with E-state index >= 15 is 0 Å². The topological polar surface area (TPSA) is 70.3 Å². The number of nitriles is 1. The van der Waals surface area contributed by atoms with Crippen LogP contribution in [-0.2, 0) is 0 Å². The fourth-order valence-corrected chi connectivity index (χ4v) is 1.72. The molecule has 0 aromatic heterocycles. The van der Waals surface area contributed by atoms with Crippen molar-refractivity contribution in [3.63, 3.8) is 0 Å². The Morgan fingerprint density at radius 3 is 2.70 bits per heavy atom. The normalized spacial score (nSPS) is 9.85. The highest BCUT2D eigenvalue weighted by Gasteiger charge is 2.16. The second kappa shape index (κ2) is 5.41. The van der Waals surface area contributed by atoms with Gasteiger partial charge >= 0.3 is 5.97 Å². The van der Waals surface area contributed by atoms with E-state index in [-0.39, 0.29) is 22.6 Å². The molecule has 4 nitrogen and oxygen atoms in total. The Kier molecular flexibility index (Phi) is 3.67. The molecule has 0 fully saturated rings. The maximum Gasteiger partial charge on any atom is 0.339 e. The summed E-state index contributed by atoms with van der Waals surface area (Å²) in [6.45, 7) is 1.67. The minimum absolute atomic E-state index is 0.0474. The predicted molar refractivity (Wildman–Crippen MR) is 69.3 cm³/mol. The second-order valence-electron chi connectivity index (χ2n) is 4.12. The molecule has 0 aliphatic heterocycles. The number of carboxylic acids is 1. The van der Waals surface area contributed by atoms with Crippen LogP contribution in [0.25, 0.3) is 0 Å². The number of halogens is 1. The molecule has 20 heavy (non-hydrogen) atoms. The van der Waals surface area contributed by atoms with Crippen molar-refractivity contribution in [2.75, 3.05) is 0 Å². The number of carboxylic acid groups (broad SMARTS) is 1. The quantitative estimate of drug-likeness (QED) is 0.927. The van der Waals surface area contributed by atoms with Gasteiger partial charge in [-0.15, -0.1) is 0 Å². The maximum absolute atomic E-state index is 13.8. The Labute approximate surface area is 114 Å². The van der Waals surface area contributed by atoms with Gasteiger partial charge in [0.2, 0.25) is 0 Å². The first-order valence-corrected chi connectivity index (χ1v) is 5.73. The second-order valence-corrected chi connectivity index (χ2v) is 4.12. The monoisotopic (exact) mass is 271 g/mol. The lowest BCUT2D eigenvalue weighted by molar-refractivity contribution is 0.0694. The van der Waals surface area contributed by atoms with Crippen molar-refractivity contribution in [2.45, 2.75) is 6.92 Å². The van der Waals surface area contributed by atoms with Gasteiger partial charge in [0, 0.05) is 0 Å². The van der Waals surface area contributed by atoms with E-state index in [0.717, 1.165) is 6.07 Å². The first-order valence-electron chi connectivity index (χ1n) is 5.73. The number of nitrogens with zero attached hydrogens (tertiary/aromatic N) is 1. The minimum atomic E-state index is -1.15. The minimum Gasteiger partial charge on any atom is -0.478 e. The van der Waals surface area contributed by atoms with Gasteiger partial charge in [-0.3, -0.25) is 0 Å². The van der Waals surface area contributed by atoms with Crippen LogP contribution in [0.4, 0.5) is 4.39 Å². The molecule has 0 atom stereocenters. The van der Waals surface area contributed by atoms with Crippen molar-refractivity contribution in [1.29, 1.82) is 5.26 Å². The first kappa shape index (κ1) is 13.6. The summed E-state index contributed by atoms with van der Waals surface area (Å²) >= 11 is 0. The standard InChI is InChI=1S/C15H10FNO3/c1-9-3-2-4-11(15(18)19)14(9)20-13-6-5-10(8-17)7-12(13)16/h2-7H,1H3,(H,18,19). The summed E-state index contributed by atoms with van der Waals surface area (Å²) in [5.41, 5.74) is 0.695. The summed E-state index contributed by atoms with van der Waals surface area (Å²) in [6.07, 6.45) is 0. The van der Waals surface area contributed by atoms with Crippen LogP contribution in [-0.4, -0.2) is 11.1 Å². The maximum atomic E-state index is 13.8. The lowest BCUT2D eigenvalue weighted by atomic mass is 10.1. The Bertz CT molecular complexity index is 720. The van der Waals surface area contributed by atoms with Gasteiger partial charge in [0.25, 0.3) is 0 Å². The van der Waals surface area contributed by atoms with Gasteiger partial charge in [0.15, 0.2) is 11.6 Å². The van der Waals surface area contributed by atoms with Gasteiger partial charge in [-0.1, -0.05) is 12.1 Å². The van der Waals surface area contributed by atoms with Crippen LogP contribution in [0, 0.1) is 24.1 Å². The molecule has 0 aliphatic carbocycles. The van der Waals surface area contributed by atoms with Crippen molar-refractivity contribution in [2.24, 2.45) is 0 Å². The summed E-state index contributed by atoms with van der Waals surface area (Å²) in [4.78, 5) is 11.1. The third-order valence-corrected chi connectivity index (χ3v) is 2.72. The molecule has 0 saturated heterocycles. The van der Waals surface area contributed by atoms with E-state index in [1.54, 1.807) is 19.1 Å². The molecule has 5 heteroatoms. The SMILES string of the molecule is Cc1cccc(C(=O)O)c1Oc1ccc(C#N)cc1F. The number of benzene rings is 2. The van der Waals surface area contributed by atoms with E-state index in [9.17, 15) is 9.18 Å². The fraction of sp³-hybridized carbons (Fsp3) is 0.0667. The van der Waals surface area contributed by atoms with Crippen LogP contribution < -0.4 is 4.74 Å². The van der Waals surface area contributed by atoms with Crippen molar-refractivity contribution < 1.29 is 19.0 Å². The molecule has 2 aromatic carbocycles. The molecule has 0 bridgehead atoms. The number of hydrogen-bond acceptors (Lipinski definition) is 3. The third kappa shape index (κ3) is 2.59. The van der Waals surface area contributed by atoms with Crippen LogP contribution in [0.3, 0.4) is 0 Å². The van der Waals surface area contributed by atoms with E-state index in [1.165, 1.54) is 18.2 Å². The number of aryl methyl sites for hydroxylation is 1. The van der Waals surface area contributed by atoms with E-state index in [0.29, 0.717) is 5.56 Å². The van der Waals surface area contributed by atoms with Gasteiger partial charge in [-0.05, 0) is 36.8 Å². The summed E-state index contributed by atoms with van der Waals surface area (Å²) in [6, 6.07) is 10.2. The van der Waals surface area contributed by atoms with Crippen LogP contribution in [0.15, 0.2) is 36.4 Å². The van der Waals surface area contributed by atoms with Crippen molar-refractivity contribution >= 4 is 5.97 Å². The van der Waals surface area contributed by atoms with E-state index in [2.05, 4.69) is 0 Å². The van der Waals surface area contributed by atoms with Gasteiger partial charge in [0.05, 0.1) is 11.6 Å². The van der Waals surface area contributed by atoms with Crippen LogP contribution in [0.2, 0.25) is 0 Å². The molecule has 0 heterocycles. The predicted octanol–water partition coefficient (Wildman–Crippen LogP) is 3.50. The zero-order chi connectivity index (χ0) is 14.7. The molecule has 0 saturated carbocycles. The molecule has 0 spiro atoms. The lowest BCUT2D eigenvalue weighted by Crippen LogP contribution is -2.02. The van der Waals surface area contributed by atoms with Crippen LogP contribution >= 0.6 is 0 Å². The number of hydrogen-bond donors (Lipinski definition) is 1. The van der Waals surface area contributed by atoms with Crippen molar-refractivity contribution in [3.05, 3.63) is 58.9 Å². The van der Waals surface area contributed by atoms with Crippen LogP contribution in [0.5, 0.6) is 11.5 Å². The Morgan fingerprint density at radius 1 is 1.35 bits per heavy atom. The molecule has 0 radical (unpaired) electrons. The number of para-hydroxylation sites is 1. The number of rotatable bonds is 3. The molecule has 1 N–H and O–H groups in total. The molecular weight excluding hydrogens is 261 g/mol. The summed E-state index contributed by atoms with van der Waals surface area (Å²) in [7, 11) is 0. The molecule has 2 aromatic rings. The number of aromatic carboxylic acids is 1. The molecule has 2 rings (SSSR count). The zero-order valence-corrected chi connectivity index (χ0v) is 10.6. The first-order chi connectivity index (χ1) is 9.52. The third-order valence-electron chi connectivity index (χ3n) is 2.72. The largest absolute Gasteiger partial charge is 0.478 e. The number of ether oxygens (including phenoxy) is 1. The van der Waals surface area contributed by atoms with Gasteiger partial charge < -0.3 is 9.84 Å². The molecule has 0 unspecified atom stereocenters. The zero-order valence-electron chi connectivity index (χ0n) is 10.6. The van der Waals surface area contributed by atoms with Gasteiger partial charge in [-0.25, -0.2) is 9.18 Å². The van der Waals surface area contributed by atoms with Crippen molar-refractivity contribution in [3.8, 4) is 17.6 Å². The highest BCUT2D eigenvalue weighted by atomic mass is 19.1. The van der Waals surface area contributed by atoms with Gasteiger partial charge in [-0.2, -0.15) is 5.26 Å². The average Bonchev–Trinajstić information content (AvgIpc) is 2.42. The highest BCUT2D eigenvalue weighted by Crippen LogP contribution is 2.31. The van der Waals surface area contributed by atoms with Crippen LogP contribution in [0.1, 0.15) is 21.5 Å².